The fourth-order valence-electron chi connectivity index (χ4n) is 2.22. The van der Waals surface area contributed by atoms with Gasteiger partial charge >= 0.3 is 0 Å². The predicted molar refractivity (Wildman–Crippen MR) is 86.0 cm³/mol. The largest absolute Gasteiger partial charge is 0.409 e. The molecule has 1 fully saturated rings. The summed E-state index contributed by atoms with van der Waals surface area (Å²) in [5.74, 6) is 0.989. The minimum atomic E-state index is -0.451. The molecule has 0 spiro atoms. The van der Waals surface area contributed by atoms with Crippen LogP contribution in [-0.4, -0.2) is 57.6 Å². The molecule has 1 aliphatic heterocycles. The van der Waals surface area contributed by atoms with E-state index in [1.807, 2.05) is 26.2 Å². The van der Waals surface area contributed by atoms with E-state index in [9.17, 15) is 0 Å². The van der Waals surface area contributed by atoms with Crippen LogP contribution in [0, 0.1) is 3.57 Å². The van der Waals surface area contributed by atoms with Gasteiger partial charge in [0.25, 0.3) is 0 Å². The van der Waals surface area contributed by atoms with Crippen molar-refractivity contribution in [2.24, 2.45) is 10.9 Å². The summed E-state index contributed by atoms with van der Waals surface area (Å²) in [6.07, 6.45) is 3.63. The van der Waals surface area contributed by atoms with E-state index in [2.05, 4.69) is 47.5 Å². The number of oxime groups is 1. The van der Waals surface area contributed by atoms with Crippen molar-refractivity contribution < 1.29 is 5.21 Å². The first-order chi connectivity index (χ1) is 9.45. The van der Waals surface area contributed by atoms with Gasteiger partial charge in [0.05, 0.1) is 5.54 Å². The van der Waals surface area contributed by atoms with Crippen LogP contribution in [0.3, 0.4) is 0 Å². The van der Waals surface area contributed by atoms with Crippen LogP contribution in [0.25, 0.3) is 0 Å². The van der Waals surface area contributed by atoms with Gasteiger partial charge in [-0.2, -0.15) is 0 Å². The van der Waals surface area contributed by atoms with Crippen LogP contribution >= 0.6 is 22.6 Å². The predicted octanol–water partition coefficient (Wildman–Crippen LogP) is 0.728. The smallest absolute Gasteiger partial charge is 0.225 e. The molecule has 1 aliphatic rings. The first kappa shape index (κ1) is 15.2. The van der Waals surface area contributed by atoms with Gasteiger partial charge in [0.2, 0.25) is 5.95 Å². The Morgan fingerprint density at radius 3 is 2.35 bits per heavy atom. The molecular weight excluding hydrogens is 371 g/mol. The molecule has 2 rings (SSSR count). The third kappa shape index (κ3) is 3.11. The highest BCUT2D eigenvalue weighted by molar-refractivity contribution is 14.1. The molecule has 0 unspecified atom stereocenters. The van der Waals surface area contributed by atoms with Crippen LogP contribution in [-0.2, 0) is 0 Å². The molecule has 1 saturated heterocycles. The van der Waals surface area contributed by atoms with Gasteiger partial charge in [-0.05, 0) is 36.4 Å². The molecule has 110 valence electrons. The van der Waals surface area contributed by atoms with Crippen LogP contribution in [0.15, 0.2) is 17.5 Å². The average molecular weight is 390 g/mol. The molecular formula is C12H19IN6O. The van der Waals surface area contributed by atoms with Crippen molar-refractivity contribution >= 4 is 34.4 Å². The average Bonchev–Trinajstić information content (AvgIpc) is 2.47. The third-order valence-electron chi connectivity index (χ3n) is 3.69. The Labute approximate surface area is 132 Å². The van der Waals surface area contributed by atoms with E-state index in [-0.39, 0.29) is 5.84 Å². The van der Waals surface area contributed by atoms with Gasteiger partial charge in [-0.15, -0.1) is 0 Å². The molecule has 0 radical (unpaired) electrons. The van der Waals surface area contributed by atoms with Gasteiger partial charge in [-0.25, -0.2) is 9.97 Å². The van der Waals surface area contributed by atoms with E-state index >= 15 is 0 Å². The monoisotopic (exact) mass is 390 g/mol. The number of halogens is 1. The Balaban J connectivity index is 2.00. The lowest BCUT2D eigenvalue weighted by Crippen LogP contribution is -2.60. The number of nitrogens with two attached hydrogens (primary N) is 1. The quantitative estimate of drug-likeness (QED) is 0.260. The van der Waals surface area contributed by atoms with Gasteiger partial charge in [0.1, 0.15) is 0 Å². The summed E-state index contributed by atoms with van der Waals surface area (Å²) in [6, 6.07) is 0. The number of hydrogen-bond acceptors (Lipinski definition) is 6. The number of hydrogen-bond donors (Lipinski definition) is 2. The van der Waals surface area contributed by atoms with Crippen molar-refractivity contribution in [2.75, 3.05) is 31.1 Å². The highest BCUT2D eigenvalue weighted by atomic mass is 127. The Kier molecular flexibility index (Phi) is 4.63. The molecule has 2 heterocycles. The maximum Gasteiger partial charge on any atom is 0.225 e. The molecule has 1 aromatic rings. The highest BCUT2D eigenvalue weighted by Gasteiger charge is 2.34. The van der Waals surface area contributed by atoms with Crippen molar-refractivity contribution in [2.45, 2.75) is 19.4 Å². The zero-order valence-corrected chi connectivity index (χ0v) is 13.8. The van der Waals surface area contributed by atoms with E-state index in [4.69, 9.17) is 10.9 Å². The molecule has 3 N–H and O–H groups in total. The second-order valence-electron chi connectivity index (χ2n) is 5.22. The number of piperazine rings is 1. The molecule has 0 atom stereocenters. The molecule has 0 bridgehead atoms. The topological polar surface area (TPSA) is 90.9 Å². The number of nitrogens with zero attached hydrogens (tertiary/aromatic N) is 5. The number of amidine groups is 1. The summed E-state index contributed by atoms with van der Waals surface area (Å²) in [6.45, 7) is 7.20. The summed E-state index contributed by atoms with van der Waals surface area (Å²) in [5.41, 5.74) is 5.31. The molecule has 20 heavy (non-hydrogen) atoms. The van der Waals surface area contributed by atoms with E-state index in [0.29, 0.717) is 0 Å². The minimum Gasteiger partial charge on any atom is -0.409 e. The Hall–Kier alpha value is -1.16. The summed E-state index contributed by atoms with van der Waals surface area (Å²) in [4.78, 5) is 13.0. The number of aromatic nitrogens is 2. The van der Waals surface area contributed by atoms with Gasteiger partial charge < -0.3 is 15.8 Å². The summed E-state index contributed by atoms with van der Waals surface area (Å²) in [7, 11) is 0. The molecule has 0 aliphatic carbocycles. The Morgan fingerprint density at radius 2 is 1.85 bits per heavy atom. The summed E-state index contributed by atoms with van der Waals surface area (Å²) in [5, 5.41) is 12.0. The normalized spacial score (nSPS) is 18.4. The lowest BCUT2D eigenvalue weighted by Gasteiger charge is -2.43. The molecule has 7 nitrogen and oxygen atoms in total. The third-order valence-corrected chi connectivity index (χ3v) is 4.25. The van der Waals surface area contributed by atoms with Crippen LogP contribution in [0.5, 0.6) is 0 Å². The maximum atomic E-state index is 8.86. The number of rotatable bonds is 3. The molecule has 8 heteroatoms. The molecule has 0 amide bonds. The van der Waals surface area contributed by atoms with Crippen molar-refractivity contribution in [1.82, 2.24) is 14.9 Å². The minimum absolute atomic E-state index is 0.233. The standard InChI is InChI=1S/C12H19IN6O/c1-12(2,10(14)17-20)19-5-3-18(4-6-19)11-15-7-9(13)8-16-11/h7-8,20H,3-6H2,1-2H3,(H2,14,17). The first-order valence-electron chi connectivity index (χ1n) is 6.40. The van der Waals surface area contributed by atoms with Crippen molar-refractivity contribution in [3.8, 4) is 0 Å². The van der Waals surface area contributed by atoms with Crippen molar-refractivity contribution in [1.29, 1.82) is 0 Å². The van der Waals surface area contributed by atoms with Crippen molar-refractivity contribution in [3.05, 3.63) is 16.0 Å². The summed E-state index contributed by atoms with van der Waals surface area (Å²) >= 11 is 2.19. The van der Waals surface area contributed by atoms with E-state index in [0.717, 1.165) is 35.7 Å². The Morgan fingerprint density at radius 1 is 1.30 bits per heavy atom. The molecule has 0 aromatic carbocycles. The summed E-state index contributed by atoms with van der Waals surface area (Å²) < 4.78 is 1.03. The first-order valence-corrected chi connectivity index (χ1v) is 7.48. The second kappa shape index (κ2) is 6.08. The van der Waals surface area contributed by atoms with Crippen LogP contribution in [0.2, 0.25) is 0 Å². The zero-order valence-electron chi connectivity index (χ0n) is 11.6. The maximum absolute atomic E-state index is 8.86. The Bertz CT molecular complexity index is 481. The highest BCUT2D eigenvalue weighted by Crippen LogP contribution is 2.19. The fraction of sp³-hybridized carbons (Fsp3) is 0.583. The van der Waals surface area contributed by atoms with Crippen molar-refractivity contribution in [3.63, 3.8) is 0 Å². The van der Waals surface area contributed by atoms with Crippen LogP contribution in [0.1, 0.15) is 13.8 Å². The second-order valence-corrected chi connectivity index (χ2v) is 6.47. The molecule has 1 aromatic heterocycles. The lowest BCUT2D eigenvalue weighted by atomic mass is 10.0. The zero-order chi connectivity index (χ0) is 14.8. The van der Waals surface area contributed by atoms with E-state index < -0.39 is 5.54 Å². The van der Waals surface area contributed by atoms with E-state index in [1.54, 1.807) is 0 Å². The van der Waals surface area contributed by atoms with Crippen LogP contribution in [0.4, 0.5) is 5.95 Å². The molecule has 0 saturated carbocycles. The SMILES string of the molecule is CC(C)(C(N)=NO)N1CCN(c2ncc(I)cn2)CC1. The lowest BCUT2D eigenvalue weighted by molar-refractivity contribution is 0.160. The fourth-order valence-corrected chi connectivity index (χ4v) is 2.50. The van der Waals surface area contributed by atoms with Crippen LogP contribution < -0.4 is 10.6 Å². The van der Waals surface area contributed by atoms with Gasteiger partial charge in [-0.3, -0.25) is 4.90 Å². The number of anilines is 1. The van der Waals surface area contributed by atoms with Gasteiger partial charge in [-0.1, -0.05) is 5.16 Å². The van der Waals surface area contributed by atoms with Gasteiger partial charge in [0, 0.05) is 42.1 Å². The van der Waals surface area contributed by atoms with E-state index in [1.165, 1.54) is 0 Å². The van der Waals surface area contributed by atoms with Gasteiger partial charge in [0.15, 0.2) is 5.84 Å².